The van der Waals surface area contributed by atoms with Crippen LogP contribution < -0.4 is 10.1 Å². The molecular formula is C21H22N6O4. The maximum Gasteiger partial charge on any atom is 0.277 e. The van der Waals surface area contributed by atoms with E-state index >= 15 is 0 Å². The van der Waals surface area contributed by atoms with Crippen molar-refractivity contribution in [3.05, 3.63) is 48.5 Å². The number of ether oxygens (including phenoxy) is 2. The van der Waals surface area contributed by atoms with Crippen molar-refractivity contribution in [2.75, 3.05) is 25.1 Å². The molecule has 0 aromatic carbocycles. The Balaban J connectivity index is 1.39. The van der Waals surface area contributed by atoms with Crippen LogP contribution in [-0.4, -0.2) is 50.3 Å². The molecule has 1 aliphatic heterocycles. The van der Waals surface area contributed by atoms with Gasteiger partial charge >= 0.3 is 0 Å². The molecule has 1 fully saturated rings. The predicted octanol–water partition coefficient (Wildman–Crippen LogP) is 2.94. The van der Waals surface area contributed by atoms with E-state index in [0.717, 1.165) is 37.4 Å². The minimum Gasteiger partial charge on any atom is -0.491 e. The van der Waals surface area contributed by atoms with Crippen molar-refractivity contribution in [3.8, 4) is 17.2 Å². The molecule has 0 aliphatic carbocycles. The van der Waals surface area contributed by atoms with Gasteiger partial charge in [0.2, 0.25) is 5.89 Å². The summed E-state index contributed by atoms with van der Waals surface area (Å²) in [4.78, 5) is 21.7. The van der Waals surface area contributed by atoms with Crippen molar-refractivity contribution < 1.29 is 18.7 Å². The zero-order valence-electron chi connectivity index (χ0n) is 17.0. The van der Waals surface area contributed by atoms with Crippen molar-refractivity contribution in [2.24, 2.45) is 5.92 Å². The standard InChI is InChI=1S/C21H22N6O4/c1-2-30-18-6-19-24-15(5-13-3-4-29-11-13)9-27(19)10-16(18)25-20(28)17-12-31-21(26-17)14-7-22-23-8-14/h6-10,12-13H,2-5,11H2,1H3,(H,22,23)(H,25,28). The fourth-order valence-corrected chi connectivity index (χ4v) is 3.64. The van der Waals surface area contributed by atoms with E-state index in [9.17, 15) is 4.79 Å². The fraction of sp³-hybridized carbons (Fsp3) is 0.333. The molecule has 4 aromatic rings. The molecule has 160 valence electrons. The Morgan fingerprint density at radius 2 is 2.32 bits per heavy atom. The molecule has 10 nitrogen and oxygen atoms in total. The molecule has 0 bridgehead atoms. The first-order chi connectivity index (χ1) is 15.2. The van der Waals surface area contributed by atoms with Crippen LogP contribution in [0.4, 0.5) is 5.69 Å². The molecule has 1 atom stereocenters. The highest BCUT2D eigenvalue weighted by Crippen LogP contribution is 2.28. The molecule has 10 heteroatoms. The lowest BCUT2D eigenvalue weighted by atomic mass is 10.0. The summed E-state index contributed by atoms with van der Waals surface area (Å²) in [7, 11) is 0. The zero-order valence-corrected chi connectivity index (χ0v) is 17.0. The number of aromatic amines is 1. The van der Waals surface area contributed by atoms with E-state index in [-0.39, 0.29) is 5.69 Å². The lowest BCUT2D eigenvalue weighted by molar-refractivity contribution is 0.102. The minimum atomic E-state index is -0.401. The second-order valence-electron chi connectivity index (χ2n) is 7.39. The monoisotopic (exact) mass is 422 g/mol. The number of oxazole rings is 1. The van der Waals surface area contributed by atoms with E-state index in [4.69, 9.17) is 18.9 Å². The van der Waals surface area contributed by atoms with Crippen molar-refractivity contribution in [1.29, 1.82) is 0 Å². The number of amides is 1. The van der Waals surface area contributed by atoms with Crippen LogP contribution in [0.25, 0.3) is 17.1 Å². The maximum absolute atomic E-state index is 12.8. The van der Waals surface area contributed by atoms with Crippen LogP contribution in [-0.2, 0) is 11.2 Å². The Morgan fingerprint density at radius 1 is 1.39 bits per heavy atom. The second-order valence-corrected chi connectivity index (χ2v) is 7.39. The summed E-state index contributed by atoms with van der Waals surface area (Å²) in [6.45, 7) is 3.94. The summed E-state index contributed by atoms with van der Waals surface area (Å²) in [6, 6.07) is 1.83. The molecule has 0 saturated carbocycles. The molecule has 1 unspecified atom stereocenters. The summed E-state index contributed by atoms with van der Waals surface area (Å²) >= 11 is 0. The number of nitrogens with one attached hydrogen (secondary N) is 2. The summed E-state index contributed by atoms with van der Waals surface area (Å²) < 4.78 is 18.5. The predicted molar refractivity (Wildman–Crippen MR) is 111 cm³/mol. The number of H-pyrrole nitrogens is 1. The van der Waals surface area contributed by atoms with E-state index in [0.29, 0.717) is 35.4 Å². The largest absolute Gasteiger partial charge is 0.491 e. The third-order valence-electron chi connectivity index (χ3n) is 5.16. The van der Waals surface area contributed by atoms with Crippen LogP contribution in [0.5, 0.6) is 5.75 Å². The first-order valence-corrected chi connectivity index (χ1v) is 10.2. The Labute approximate surface area is 177 Å². The highest BCUT2D eigenvalue weighted by atomic mass is 16.5. The Hall–Kier alpha value is -3.66. The van der Waals surface area contributed by atoms with Gasteiger partial charge in [-0.3, -0.25) is 9.89 Å². The van der Waals surface area contributed by atoms with Gasteiger partial charge in [0.1, 0.15) is 23.3 Å². The highest BCUT2D eigenvalue weighted by Gasteiger charge is 2.20. The molecule has 1 amide bonds. The quantitative estimate of drug-likeness (QED) is 0.470. The Morgan fingerprint density at radius 3 is 3.10 bits per heavy atom. The van der Waals surface area contributed by atoms with E-state index in [1.165, 1.54) is 6.26 Å². The molecule has 0 spiro atoms. The van der Waals surface area contributed by atoms with Gasteiger partial charge in [-0.2, -0.15) is 5.10 Å². The third kappa shape index (κ3) is 4.02. The van der Waals surface area contributed by atoms with E-state index in [1.54, 1.807) is 18.6 Å². The van der Waals surface area contributed by atoms with Gasteiger partial charge < -0.3 is 23.6 Å². The summed E-state index contributed by atoms with van der Waals surface area (Å²) in [5.41, 5.74) is 3.10. The van der Waals surface area contributed by atoms with Crippen LogP contribution in [0, 0.1) is 5.92 Å². The Kier molecular flexibility index (Phi) is 5.13. The van der Waals surface area contributed by atoms with E-state index in [1.807, 2.05) is 23.6 Å². The van der Waals surface area contributed by atoms with Crippen molar-refractivity contribution in [1.82, 2.24) is 24.6 Å². The smallest absolute Gasteiger partial charge is 0.277 e. The number of fused-ring (bicyclic) bond motifs is 1. The first kappa shape index (κ1) is 19.3. The molecule has 5 rings (SSSR count). The van der Waals surface area contributed by atoms with Gasteiger partial charge in [-0.25, -0.2) is 9.97 Å². The van der Waals surface area contributed by atoms with Gasteiger partial charge in [0.25, 0.3) is 5.91 Å². The van der Waals surface area contributed by atoms with Gasteiger partial charge in [0.05, 0.1) is 24.1 Å². The molecule has 0 radical (unpaired) electrons. The topological polar surface area (TPSA) is 120 Å². The number of carbonyl (C=O) groups is 1. The highest BCUT2D eigenvalue weighted by molar-refractivity contribution is 6.03. The number of anilines is 1. The van der Waals surface area contributed by atoms with E-state index < -0.39 is 5.91 Å². The first-order valence-electron chi connectivity index (χ1n) is 10.2. The van der Waals surface area contributed by atoms with Gasteiger partial charge in [-0.05, 0) is 25.7 Å². The van der Waals surface area contributed by atoms with Gasteiger partial charge in [-0.15, -0.1) is 0 Å². The Bertz CT molecular complexity index is 1190. The third-order valence-corrected chi connectivity index (χ3v) is 5.16. The van der Waals surface area contributed by atoms with Gasteiger partial charge in [-0.1, -0.05) is 0 Å². The van der Waals surface area contributed by atoms with Gasteiger partial charge in [0, 0.05) is 37.9 Å². The molecule has 1 saturated heterocycles. The molecule has 5 heterocycles. The number of nitrogens with zero attached hydrogens (tertiary/aromatic N) is 4. The molecule has 2 N–H and O–H groups in total. The van der Waals surface area contributed by atoms with E-state index in [2.05, 4.69) is 20.5 Å². The molecule has 4 aromatic heterocycles. The van der Waals surface area contributed by atoms with Crippen molar-refractivity contribution in [2.45, 2.75) is 19.8 Å². The van der Waals surface area contributed by atoms with Crippen molar-refractivity contribution in [3.63, 3.8) is 0 Å². The van der Waals surface area contributed by atoms with Crippen molar-refractivity contribution >= 4 is 17.2 Å². The lowest BCUT2D eigenvalue weighted by Crippen LogP contribution is -2.14. The van der Waals surface area contributed by atoms with Crippen LogP contribution in [0.1, 0.15) is 29.5 Å². The van der Waals surface area contributed by atoms with Crippen LogP contribution >= 0.6 is 0 Å². The summed E-state index contributed by atoms with van der Waals surface area (Å²) in [6.07, 6.45) is 10.2. The summed E-state index contributed by atoms with van der Waals surface area (Å²) in [5.74, 6) is 0.951. The van der Waals surface area contributed by atoms with Crippen LogP contribution in [0.2, 0.25) is 0 Å². The molecule has 1 aliphatic rings. The number of hydrogen-bond donors (Lipinski definition) is 2. The lowest BCUT2D eigenvalue weighted by Gasteiger charge is -2.11. The number of carbonyl (C=O) groups excluding carboxylic acids is 1. The molecular weight excluding hydrogens is 400 g/mol. The minimum absolute atomic E-state index is 0.159. The number of hydrogen-bond acceptors (Lipinski definition) is 7. The second kappa shape index (κ2) is 8.23. The number of imidazole rings is 1. The fourth-order valence-electron chi connectivity index (χ4n) is 3.64. The average molecular weight is 422 g/mol. The maximum atomic E-state index is 12.8. The van der Waals surface area contributed by atoms with Crippen LogP contribution in [0.15, 0.2) is 41.5 Å². The normalized spacial score (nSPS) is 16.1. The zero-order chi connectivity index (χ0) is 21.2. The number of rotatable bonds is 7. The van der Waals surface area contributed by atoms with Gasteiger partial charge in [0.15, 0.2) is 5.69 Å². The number of pyridine rings is 1. The number of aromatic nitrogens is 5. The molecule has 31 heavy (non-hydrogen) atoms. The summed E-state index contributed by atoms with van der Waals surface area (Å²) in [5, 5.41) is 9.41. The SMILES string of the molecule is CCOc1cc2nc(CC3CCOC3)cn2cc1NC(=O)c1coc(-c2cn[nH]c2)n1. The average Bonchev–Trinajstić information content (AvgIpc) is 3.54. The van der Waals surface area contributed by atoms with Crippen LogP contribution in [0.3, 0.4) is 0 Å².